The van der Waals surface area contributed by atoms with E-state index < -0.39 is 5.91 Å². The van der Waals surface area contributed by atoms with Crippen LogP contribution in [-0.2, 0) is 6.61 Å². The summed E-state index contributed by atoms with van der Waals surface area (Å²) in [6, 6.07) is 16.3. The number of hydrogen-bond acceptors (Lipinski definition) is 4. The topological polar surface area (TPSA) is 63.8 Å². The van der Waals surface area contributed by atoms with Gasteiger partial charge in [0.15, 0.2) is 5.76 Å². The van der Waals surface area contributed by atoms with Crippen molar-refractivity contribution in [1.29, 1.82) is 0 Å². The predicted octanol–water partition coefficient (Wildman–Crippen LogP) is 8.05. The number of halogens is 5. The van der Waals surface area contributed by atoms with Gasteiger partial charge in [0.05, 0.1) is 13.4 Å². The highest BCUT2D eigenvalue weighted by Crippen LogP contribution is 2.30. The summed E-state index contributed by atoms with van der Waals surface area (Å²) >= 11 is 20.0. The monoisotopic (exact) mass is 768 g/mol. The fraction of sp³-hybridized carbons (Fsp3) is 0.0435. The third-order valence-electron chi connectivity index (χ3n) is 4.49. The molecule has 1 amide bonds. The molecule has 168 valence electrons. The number of nitrogens with zero attached hydrogens (tertiary/aromatic N) is 1. The maximum atomic E-state index is 12.4. The second kappa shape index (κ2) is 10.9. The van der Waals surface area contributed by atoms with E-state index in [1.54, 1.807) is 30.5 Å². The lowest BCUT2D eigenvalue weighted by atomic mass is 10.2. The van der Waals surface area contributed by atoms with E-state index in [-0.39, 0.29) is 5.76 Å². The Balaban J connectivity index is 1.42. The molecule has 0 aliphatic rings. The van der Waals surface area contributed by atoms with Crippen LogP contribution in [-0.4, -0.2) is 12.1 Å². The molecule has 0 aliphatic carbocycles. The number of nitrogens with one attached hydrogen (secondary N) is 1. The molecule has 4 rings (SSSR count). The second-order valence-electron chi connectivity index (χ2n) is 6.83. The molecule has 3 aromatic carbocycles. The summed E-state index contributed by atoms with van der Waals surface area (Å²) in [6.45, 7) is 0.319. The molecule has 0 unspecified atom stereocenters. The van der Waals surface area contributed by atoms with Gasteiger partial charge in [0.1, 0.15) is 17.9 Å². The zero-order chi connectivity index (χ0) is 23.5. The molecule has 0 saturated heterocycles. The van der Waals surface area contributed by atoms with Crippen LogP contribution in [0.5, 0.6) is 5.75 Å². The third kappa shape index (κ3) is 6.21. The number of carbonyl (C=O) groups is 1. The van der Waals surface area contributed by atoms with Crippen LogP contribution in [0.15, 0.2) is 68.6 Å². The summed E-state index contributed by atoms with van der Waals surface area (Å²) in [5, 5.41) is 6.03. The molecular formula is C23H13BrCl2I2N2O3. The minimum Gasteiger partial charge on any atom is -0.487 e. The van der Waals surface area contributed by atoms with Crippen molar-refractivity contribution in [3.05, 3.63) is 93.1 Å². The molecule has 1 heterocycles. The average molecular weight is 770 g/mol. The molecule has 5 nitrogen and oxygen atoms in total. The zero-order valence-corrected chi connectivity index (χ0v) is 24.0. The minimum atomic E-state index is -0.428. The van der Waals surface area contributed by atoms with Crippen molar-refractivity contribution in [2.24, 2.45) is 5.10 Å². The van der Waals surface area contributed by atoms with Crippen LogP contribution in [0.25, 0.3) is 11.0 Å². The standard InChI is InChI=1S/C23H13BrCl2I2N2O3/c24-15-2-4-20-14(7-15)8-21(33-20)23(31)30-29-10-12-5-18(27)22(19(28)6-12)32-11-13-1-3-16(25)9-17(13)26/h1-10H,11H2,(H,30,31)/b29-10+. The number of furan rings is 1. The molecule has 0 spiro atoms. The van der Waals surface area contributed by atoms with E-state index in [2.05, 4.69) is 71.6 Å². The summed E-state index contributed by atoms with van der Waals surface area (Å²) in [5.74, 6) is 0.508. The molecule has 0 atom stereocenters. The highest BCUT2D eigenvalue weighted by atomic mass is 127. The van der Waals surface area contributed by atoms with E-state index in [9.17, 15) is 4.79 Å². The first-order chi connectivity index (χ1) is 15.8. The first-order valence-corrected chi connectivity index (χ1v) is 13.1. The quantitative estimate of drug-likeness (QED) is 0.123. The Labute approximate surface area is 235 Å². The Morgan fingerprint density at radius 2 is 1.85 bits per heavy atom. The first-order valence-electron chi connectivity index (χ1n) is 9.38. The van der Waals surface area contributed by atoms with Gasteiger partial charge in [-0.25, -0.2) is 5.43 Å². The fourth-order valence-corrected chi connectivity index (χ4v) is 5.90. The average Bonchev–Trinajstić information content (AvgIpc) is 3.18. The highest BCUT2D eigenvalue weighted by Gasteiger charge is 2.13. The van der Waals surface area contributed by atoms with Gasteiger partial charge in [-0.2, -0.15) is 5.10 Å². The summed E-state index contributed by atoms with van der Waals surface area (Å²) in [5.41, 5.74) is 4.79. The summed E-state index contributed by atoms with van der Waals surface area (Å²) < 4.78 is 14.3. The fourth-order valence-electron chi connectivity index (χ4n) is 2.93. The van der Waals surface area contributed by atoms with Crippen molar-refractivity contribution in [2.45, 2.75) is 6.61 Å². The number of amides is 1. The maximum absolute atomic E-state index is 12.4. The van der Waals surface area contributed by atoms with E-state index >= 15 is 0 Å². The molecule has 1 N–H and O–H groups in total. The highest BCUT2D eigenvalue weighted by molar-refractivity contribution is 14.1. The minimum absolute atomic E-state index is 0.189. The van der Waals surface area contributed by atoms with Gasteiger partial charge in [-0.05, 0) is 99.3 Å². The van der Waals surface area contributed by atoms with E-state index in [0.29, 0.717) is 22.2 Å². The van der Waals surface area contributed by atoms with Crippen molar-refractivity contribution in [1.82, 2.24) is 5.43 Å². The van der Waals surface area contributed by atoms with Crippen LogP contribution in [0.4, 0.5) is 0 Å². The molecule has 1 aromatic heterocycles. The Morgan fingerprint density at radius 1 is 1.09 bits per heavy atom. The number of benzene rings is 3. The maximum Gasteiger partial charge on any atom is 0.307 e. The lowest BCUT2D eigenvalue weighted by Gasteiger charge is -2.12. The SMILES string of the molecule is O=C(N/N=C/c1cc(I)c(OCc2ccc(Cl)cc2Cl)c(I)c1)c1cc2cc(Br)ccc2o1. The summed E-state index contributed by atoms with van der Waals surface area (Å²) in [7, 11) is 0. The molecular weight excluding hydrogens is 757 g/mol. The van der Waals surface area contributed by atoms with Gasteiger partial charge in [-0.3, -0.25) is 4.79 Å². The number of rotatable bonds is 6. The summed E-state index contributed by atoms with van der Waals surface area (Å²) in [6.07, 6.45) is 1.57. The van der Waals surface area contributed by atoms with Crippen molar-refractivity contribution >= 4 is 107 Å². The van der Waals surface area contributed by atoms with Crippen molar-refractivity contribution in [3.63, 3.8) is 0 Å². The normalized spacial score (nSPS) is 11.3. The number of fused-ring (bicyclic) bond motifs is 1. The Kier molecular flexibility index (Phi) is 8.21. The second-order valence-corrected chi connectivity index (χ2v) is 10.9. The molecule has 10 heteroatoms. The van der Waals surface area contributed by atoms with Gasteiger partial charge in [0, 0.05) is 25.5 Å². The lowest BCUT2D eigenvalue weighted by molar-refractivity contribution is 0.0929. The van der Waals surface area contributed by atoms with Gasteiger partial charge in [0.25, 0.3) is 0 Å². The number of hydrogen-bond donors (Lipinski definition) is 1. The Hall–Kier alpha value is -1.34. The van der Waals surface area contributed by atoms with Crippen molar-refractivity contribution < 1.29 is 13.9 Å². The van der Waals surface area contributed by atoms with Gasteiger partial charge in [0.2, 0.25) is 0 Å². The van der Waals surface area contributed by atoms with Crippen LogP contribution >= 0.6 is 84.3 Å². The molecule has 0 bridgehead atoms. The van der Waals surface area contributed by atoms with Crippen LogP contribution < -0.4 is 10.2 Å². The zero-order valence-electron chi connectivity index (χ0n) is 16.5. The van der Waals surface area contributed by atoms with Crippen LogP contribution in [0.2, 0.25) is 10.0 Å². The number of carbonyl (C=O) groups excluding carboxylic acids is 1. The molecule has 0 saturated carbocycles. The van der Waals surface area contributed by atoms with Crippen LogP contribution in [0.3, 0.4) is 0 Å². The molecule has 0 radical (unpaired) electrons. The molecule has 0 fully saturated rings. The van der Waals surface area contributed by atoms with Crippen molar-refractivity contribution in [3.8, 4) is 5.75 Å². The Morgan fingerprint density at radius 3 is 2.58 bits per heavy atom. The van der Waals surface area contributed by atoms with Gasteiger partial charge in [-0.15, -0.1) is 0 Å². The van der Waals surface area contributed by atoms with E-state index in [1.807, 2.05) is 30.3 Å². The molecule has 0 aliphatic heterocycles. The Bertz CT molecular complexity index is 1370. The van der Waals surface area contributed by atoms with Crippen LogP contribution in [0.1, 0.15) is 21.7 Å². The van der Waals surface area contributed by atoms with E-state index in [4.69, 9.17) is 32.4 Å². The summed E-state index contributed by atoms with van der Waals surface area (Å²) in [4.78, 5) is 12.4. The first kappa shape index (κ1) is 24.8. The number of hydrazone groups is 1. The van der Waals surface area contributed by atoms with E-state index in [1.165, 1.54) is 0 Å². The van der Waals surface area contributed by atoms with Gasteiger partial charge in [-0.1, -0.05) is 45.2 Å². The largest absolute Gasteiger partial charge is 0.487 e. The van der Waals surface area contributed by atoms with Gasteiger partial charge < -0.3 is 9.15 Å². The smallest absolute Gasteiger partial charge is 0.307 e. The number of ether oxygens (including phenoxy) is 1. The van der Waals surface area contributed by atoms with Gasteiger partial charge >= 0.3 is 5.91 Å². The third-order valence-corrected chi connectivity index (χ3v) is 7.17. The van der Waals surface area contributed by atoms with Crippen LogP contribution in [0, 0.1) is 7.14 Å². The lowest BCUT2D eigenvalue weighted by Crippen LogP contribution is -2.16. The molecule has 33 heavy (non-hydrogen) atoms. The molecule has 4 aromatic rings. The van der Waals surface area contributed by atoms with Crippen molar-refractivity contribution in [2.75, 3.05) is 0 Å². The predicted molar refractivity (Wildman–Crippen MR) is 152 cm³/mol. The van der Waals surface area contributed by atoms with E-state index in [0.717, 1.165) is 33.9 Å².